The van der Waals surface area contributed by atoms with Gasteiger partial charge in [-0.25, -0.2) is 0 Å². The lowest BCUT2D eigenvalue weighted by Gasteiger charge is -2.24. The second kappa shape index (κ2) is 11.8. The summed E-state index contributed by atoms with van der Waals surface area (Å²) in [6, 6.07) is 0.517. The van der Waals surface area contributed by atoms with Crippen LogP contribution in [0.5, 0.6) is 0 Å². The zero-order chi connectivity index (χ0) is 15.7. The molecule has 0 amide bonds. The van der Waals surface area contributed by atoms with Crippen LogP contribution in [0.3, 0.4) is 0 Å². The molecule has 6 heteroatoms. The smallest absolute Gasteiger partial charge is 0.191 e. The van der Waals surface area contributed by atoms with Crippen LogP contribution in [0, 0.1) is 0 Å². The number of aliphatic imine (C=N–C) groups is 1. The highest BCUT2D eigenvalue weighted by Gasteiger charge is 2.26. The van der Waals surface area contributed by atoms with Crippen LogP contribution in [0.25, 0.3) is 0 Å². The normalized spacial score (nSPS) is 22.3. The van der Waals surface area contributed by atoms with Gasteiger partial charge in [-0.05, 0) is 44.8 Å². The van der Waals surface area contributed by atoms with Crippen LogP contribution in [0.2, 0.25) is 0 Å². The van der Waals surface area contributed by atoms with Gasteiger partial charge in [0.05, 0.1) is 12.1 Å². The number of thioether (sulfide) groups is 1. The highest BCUT2D eigenvalue weighted by atomic mass is 127. The Balaban J connectivity index is 0.00000441. The highest BCUT2D eigenvalue weighted by Crippen LogP contribution is 2.29. The molecule has 3 N–H and O–H groups in total. The van der Waals surface area contributed by atoms with Crippen molar-refractivity contribution in [2.75, 3.05) is 18.8 Å². The Morgan fingerprint density at radius 1 is 1.23 bits per heavy atom. The summed E-state index contributed by atoms with van der Waals surface area (Å²) in [4.78, 5) is 4.60. The molecule has 132 valence electrons. The number of rotatable bonds is 8. The van der Waals surface area contributed by atoms with E-state index in [0.29, 0.717) is 12.6 Å². The van der Waals surface area contributed by atoms with Crippen LogP contribution < -0.4 is 10.6 Å². The van der Waals surface area contributed by atoms with Crippen LogP contribution in [-0.4, -0.2) is 46.8 Å². The van der Waals surface area contributed by atoms with E-state index in [9.17, 15) is 5.11 Å². The molecule has 2 unspecified atom stereocenters. The third-order valence-corrected chi connectivity index (χ3v) is 5.55. The molecule has 1 saturated carbocycles. The van der Waals surface area contributed by atoms with E-state index in [2.05, 4.69) is 41.2 Å². The standard InChI is InChI=1S/C16H33N3OS.HI/c1-5-16(20,6-2)12-18-15(17-7-3)19-13-9-10-14(11-13)21-8-4;/h13-14,20H,5-12H2,1-4H3,(H2,17,18,19);1H. The molecule has 0 aliphatic heterocycles. The molecule has 0 bridgehead atoms. The van der Waals surface area contributed by atoms with Crippen molar-refractivity contribution in [3.63, 3.8) is 0 Å². The van der Waals surface area contributed by atoms with E-state index in [-0.39, 0.29) is 24.0 Å². The molecule has 1 rings (SSSR count). The van der Waals surface area contributed by atoms with Crippen molar-refractivity contribution < 1.29 is 5.11 Å². The summed E-state index contributed by atoms with van der Waals surface area (Å²) in [6.07, 6.45) is 5.21. The predicted molar refractivity (Wildman–Crippen MR) is 110 cm³/mol. The minimum absolute atomic E-state index is 0. The maximum atomic E-state index is 10.4. The van der Waals surface area contributed by atoms with Crippen LogP contribution in [0.1, 0.15) is 59.8 Å². The van der Waals surface area contributed by atoms with E-state index in [4.69, 9.17) is 0 Å². The first kappa shape index (κ1) is 22.3. The van der Waals surface area contributed by atoms with Crippen molar-refractivity contribution in [2.45, 2.75) is 76.7 Å². The van der Waals surface area contributed by atoms with E-state index in [1.54, 1.807) is 0 Å². The molecule has 22 heavy (non-hydrogen) atoms. The predicted octanol–water partition coefficient (Wildman–Crippen LogP) is 3.38. The average molecular weight is 443 g/mol. The fraction of sp³-hybridized carbons (Fsp3) is 0.938. The number of hydrogen-bond acceptors (Lipinski definition) is 3. The van der Waals surface area contributed by atoms with Gasteiger partial charge in [0, 0.05) is 17.8 Å². The summed E-state index contributed by atoms with van der Waals surface area (Å²) in [5.74, 6) is 2.05. The van der Waals surface area contributed by atoms with Gasteiger partial charge in [-0.2, -0.15) is 11.8 Å². The van der Waals surface area contributed by atoms with Crippen molar-refractivity contribution in [3.05, 3.63) is 0 Å². The fourth-order valence-corrected chi connectivity index (χ4v) is 3.81. The van der Waals surface area contributed by atoms with Crippen molar-refractivity contribution in [1.82, 2.24) is 10.6 Å². The van der Waals surface area contributed by atoms with Gasteiger partial charge < -0.3 is 15.7 Å². The van der Waals surface area contributed by atoms with Gasteiger partial charge in [0.15, 0.2) is 5.96 Å². The quantitative estimate of drug-likeness (QED) is 0.306. The highest BCUT2D eigenvalue weighted by molar-refractivity contribution is 14.0. The van der Waals surface area contributed by atoms with Crippen molar-refractivity contribution >= 4 is 41.7 Å². The Kier molecular flexibility index (Phi) is 12.0. The molecule has 1 fully saturated rings. The zero-order valence-electron chi connectivity index (χ0n) is 14.5. The first-order valence-corrected chi connectivity index (χ1v) is 9.50. The van der Waals surface area contributed by atoms with Gasteiger partial charge in [0.25, 0.3) is 0 Å². The van der Waals surface area contributed by atoms with E-state index in [0.717, 1.165) is 30.6 Å². The minimum Gasteiger partial charge on any atom is -0.388 e. The fourth-order valence-electron chi connectivity index (χ4n) is 2.67. The Bertz CT molecular complexity index is 325. The largest absolute Gasteiger partial charge is 0.388 e. The lowest BCUT2D eigenvalue weighted by atomic mass is 9.98. The second-order valence-electron chi connectivity index (χ2n) is 5.86. The van der Waals surface area contributed by atoms with E-state index < -0.39 is 5.60 Å². The molecule has 0 aromatic heterocycles. The molecule has 0 radical (unpaired) electrons. The van der Waals surface area contributed by atoms with Crippen LogP contribution in [-0.2, 0) is 0 Å². The van der Waals surface area contributed by atoms with Gasteiger partial charge in [-0.1, -0.05) is 20.8 Å². The maximum Gasteiger partial charge on any atom is 0.191 e. The summed E-state index contributed by atoms with van der Waals surface area (Å²) in [6.45, 7) is 9.66. The van der Waals surface area contributed by atoms with Crippen LogP contribution in [0.15, 0.2) is 4.99 Å². The number of nitrogens with one attached hydrogen (secondary N) is 2. The first-order valence-electron chi connectivity index (χ1n) is 8.45. The molecule has 0 aromatic rings. The van der Waals surface area contributed by atoms with E-state index in [1.807, 2.05) is 13.8 Å². The molecule has 1 aliphatic rings. The van der Waals surface area contributed by atoms with Crippen LogP contribution >= 0.6 is 35.7 Å². The van der Waals surface area contributed by atoms with Crippen molar-refractivity contribution in [2.24, 2.45) is 4.99 Å². The van der Waals surface area contributed by atoms with Gasteiger partial charge in [0.2, 0.25) is 0 Å². The third kappa shape index (κ3) is 7.73. The minimum atomic E-state index is -0.668. The first-order chi connectivity index (χ1) is 10.1. The van der Waals surface area contributed by atoms with E-state index >= 15 is 0 Å². The Morgan fingerprint density at radius 2 is 1.91 bits per heavy atom. The number of aliphatic hydroxyl groups is 1. The molecule has 1 aliphatic carbocycles. The van der Waals surface area contributed by atoms with Gasteiger partial charge in [-0.15, -0.1) is 24.0 Å². The van der Waals surface area contributed by atoms with Crippen LogP contribution in [0.4, 0.5) is 0 Å². The summed E-state index contributed by atoms with van der Waals surface area (Å²) in [7, 11) is 0. The molecule has 0 heterocycles. The monoisotopic (exact) mass is 443 g/mol. The molecular formula is C16H34IN3OS. The number of guanidine groups is 1. The maximum absolute atomic E-state index is 10.4. The molecular weight excluding hydrogens is 409 g/mol. The summed E-state index contributed by atoms with van der Waals surface area (Å²) < 4.78 is 0. The Labute approximate surface area is 157 Å². The van der Waals surface area contributed by atoms with Crippen molar-refractivity contribution in [3.8, 4) is 0 Å². The Hall–Kier alpha value is 0.310. The third-order valence-electron chi connectivity index (χ3n) is 4.32. The van der Waals surface area contributed by atoms with Gasteiger partial charge in [0.1, 0.15) is 0 Å². The van der Waals surface area contributed by atoms with E-state index in [1.165, 1.54) is 25.0 Å². The lowest BCUT2D eigenvalue weighted by molar-refractivity contribution is 0.0417. The van der Waals surface area contributed by atoms with Gasteiger partial charge >= 0.3 is 0 Å². The number of nitrogens with zero attached hydrogens (tertiary/aromatic N) is 1. The summed E-state index contributed by atoms with van der Waals surface area (Å²) >= 11 is 2.07. The number of hydrogen-bond donors (Lipinski definition) is 3. The Morgan fingerprint density at radius 3 is 2.45 bits per heavy atom. The second-order valence-corrected chi connectivity index (χ2v) is 7.44. The van der Waals surface area contributed by atoms with Crippen molar-refractivity contribution in [1.29, 1.82) is 0 Å². The molecule has 0 spiro atoms. The molecule has 0 aromatic carbocycles. The molecule has 0 saturated heterocycles. The SMILES string of the molecule is CCNC(=NCC(O)(CC)CC)NC1CCC(SCC)C1.I. The van der Waals surface area contributed by atoms with Gasteiger partial charge in [-0.3, -0.25) is 4.99 Å². The lowest BCUT2D eigenvalue weighted by Crippen LogP contribution is -2.44. The molecule has 2 atom stereocenters. The summed E-state index contributed by atoms with van der Waals surface area (Å²) in [5.41, 5.74) is -0.668. The number of halogens is 1. The zero-order valence-corrected chi connectivity index (χ0v) is 17.7. The summed E-state index contributed by atoms with van der Waals surface area (Å²) in [5, 5.41) is 18.0. The topological polar surface area (TPSA) is 56.7 Å². The molecule has 4 nitrogen and oxygen atoms in total. The average Bonchev–Trinajstić information content (AvgIpc) is 2.92.